The number of rotatable bonds is 4. The van der Waals surface area contributed by atoms with Crippen molar-refractivity contribution in [3.05, 3.63) is 64.7 Å². The molecule has 0 fully saturated rings. The van der Waals surface area contributed by atoms with E-state index in [4.69, 9.17) is 0 Å². The molecular weight excluding hydrogens is 308 g/mol. The van der Waals surface area contributed by atoms with Crippen LogP contribution in [0.15, 0.2) is 42.5 Å². The Kier molecular flexibility index (Phi) is 6.05. The number of hydrogen-bond acceptors (Lipinski definition) is 2. The van der Waals surface area contributed by atoms with Gasteiger partial charge in [-0.1, -0.05) is 35.9 Å². The van der Waals surface area contributed by atoms with Crippen molar-refractivity contribution < 1.29 is 4.79 Å². The Labute approximate surface area is 143 Å². The molecule has 0 spiro atoms. The van der Waals surface area contributed by atoms with E-state index < -0.39 is 0 Å². The van der Waals surface area contributed by atoms with Crippen molar-refractivity contribution in [3.63, 3.8) is 0 Å². The molecule has 2 aromatic rings. The molecule has 2 N–H and O–H groups in total. The summed E-state index contributed by atoms with van der Waals surface area (Å²) in [4.78, 5) is 12.4. The van der Waals surface area contributed by atoms with E-state index in [9.17, 15) is 4.79 Å². The van der Waals surface area contributed by atoms with Gasteiger partial charge in [-0.3, -0.25) is 4.79 Å². The molecule has 0 saturated heterocycles. The van der Waals surface area contributed by atoms with Crippen LogP contribution in [0.5, 0.6) is 0 Å². The lowest BCUT2D eigenvalue weighted by atomic mass is 9.97. The molecule has 0 saturated carbocycles. The Balaban J connectivity index is 0.00000192. The second kappa shape index (κ2) is 8.02. The molecule has 0 aliphatic carbocycles. The first-order valence-corrected chi connectivity index (χ1v) is 7.93. The van der Waals surface area contributed by atoms with Crippen molar-refractivity contribution >= 4 is 24.0 Å². The fraction of sp³-hybridized carbons (Fsp3) is 0.316. The molecule has 1 amide bonds. The molecule has 0 radical (unpaired) electrons. The number of anilines is 1. The van der Waals surface area contributed by atoms with E-state index in [-0.39, 0.29) is 18.3 Å². The van der Waals surface area contributed by atoms with Crippen molar-refractivity contribution in [3.8, 4) is 0 Å². The number of carbonyl (C=O) groups excluding carboxylic acids is 1. The van der Waals surface area contributed by atoms with E-state index in [0.29, 0.717) is 6.54 Å². The summed E-state index contributed by atoms with van der Waals surface area (Å²) in [7, 11) is 0. The van der Waals surface area contributed by atoms with Crippen molar-refractivity contribution in [1.82, 2.24) is 5.32 Å². The zero-order valence-electron chi connectivity index (χ0n) is 13.4. The Bertz CT molecular complexity index is 685. The highest BCUT2D eigenvalue weighted by molar-refractivity contribution is 5.97. The first-order valence-electron chi connectivity index (χ1n) is 7.93. The highest BCUT2D eigenvalue weighted by Crippen LogP contribution is 2.25. The van der Waals surface area contributed by atoms with Crippen molar-refractivity contribution in [1.29, 1.82) is 0 Å². The van der Waals surface area contributed by atoms with Crippen LogP contribution in [0.3, 0.4) is 0 Å². The predicted octanol–water partition coefficient (Wildman–Crippen LogP) is 3.75. The van der Waals surface area contributed by atoms with E-state index in [1.54, 1.807) is 0 Å². The molecule has 3 rings (SSSR count). The number of halogens is 1. The summed E-state index contributed by atoms with van der Waals surface area (Å²) < 4.78 is 0. The molecule has 0 bridgehead atoms. The van der Waals surface area contributed by atoms with Crippen LogP contribution in [0, 0.1) is 6.92 Å². The maximum absolute atomic E-state index is 12.4. The van der Waals surface area contributed by atoms with Gasteiger partial charge in [0.25, 0.3) is 5.91 Å². The molecule has 122 valence electrons. The second-order valence-electron chi connectivity index (χ2n) is 5.86. The lowest BCUT2D eigenvalue weighted by molar-refractivity contribution is 0.0953. The Morgan fingerprint density at radius 1 is 1.22 bits per heavy atom. The largest absolute Gasteiger partial charge is 0.385 e. The van der Waals surface area contributed by atoms with Crippen LogP contribution < -0.4 is 10.6 Å². The molecule has 4 heteroatoms. The monoisotopic (exact) mass is 330 g/mol. The number of carbonyl (C=O) groups is 1. The van der Waals surface area contributed by atoms with Gasteiger partial charge in [0.05, 0.1) is 0 Å². The quantitative estimate of drug-likeness (QED) is 0.896. The fourth-order valence-electron chi connectivity index (χ4n) is 3.01. The van der Waals surface area contributed by atoms with E-state index in [1.807, 2.05) is 12.1 Å². The van der Waals surface area contributed by atoms with Crippen LogP contribution in [0.2, 0.25) is 0 Å². The van der Waals surface area contributed by atoms with Gasteiger partial charge in [0.15, 0.2) is 0 Å². The van der Waals surface area contributed by atoms with Gasteiger partial charge >= 0.3 is 0 Å². The van der Waals surface area contributed by atoms with Gasteiger partial charge in [-0.2, -0.15) is 0 Å². The second-order valence-corrected chi connectivity index (χ2v) is 5.86. The van der Waals surface area contributed by atoms with Crippen molar-refractivity contribution in [2.75, 3.05) is 18.4 Å². The molecule has 1 heterocycles. The van der Waals surface area contributed by atoms with Crippen molar-refractivity contribution in [2.45, 2.75) is 26.2 Å². The first-order chi connectivity index (χ1) is 10.7. The minimum absolute atomic E-state index is 0. The van der Waals surface area contributed by atoms with Crippen LogP contribution in [-0.2, 0) is 12.8 Å². The summed E-state index contributed by atoms with van der Waals surface area (Å²) in [5.74, 6) is 0.0354. The van der Waals surface area contributed by atoms with Gasteiger partial charge in [-0.05, 0) is 49.4 Å². The molecule has 0 aromatic heterocycles. The summed E-state index contributed by atoms with van der Waals surface area (Å²) in [6, 6.07) is 14.4. The number of fused-ring (bicyclic) bond motifs is 1. The number of aryl methyl sites for hydroxylation is 1. The highest BCUT2D eigenvalue weighted by Gasteiger charge is 2.16. The molecule has 1 aliphatic heterocycles. The zero-order valence-corrected chi connectivity index (χ0v) is 14.2. The molecule has 0 atom stereocenters. The number of benzene rings is 2. The summed E-state index contributed by atoms with van der Waals surface area (Å²) >= 11 is 0. The lowest BCUT2D eigenvalue weighted by Gasteiger charge is -2.20. The minimum Gasteiger partial charge on any atom is -0.385 e. The minimum atomic E-state index is 0. The maximum atomic E-state index is 12.4. The molecule has 3 nitrogen and oxygen atoms in total. The van der Waals surface area contributed by atoms with Crippen LogP contribution in [0.4, 0.5) is 5.69 Å². The van der Waals surface area contributed by atoms with E-state index in [2.05, 4.69) is 47.9 Å². The topological polar surface area (TPSA) is 41.1 Å². The van der Waals surface area contributed by atoms with Crippen LogP contribution >= 0.6 is 12.4 Å². The maximum Gasteiger partial charge on any atom is 0.251 e. The molecule has 2 aromatic carbocycles. The first kappa shape index (κ1) is 17.4. The average molecular weight is 331 g/mol. The van der Waals surface area contributed by atoms with Gasteiger partial charge in [0, 0.05) is 24.3 Å². The van der Waals surface area contributed by atoms with E-state index in [1.165, 1.54) is 11.1 Å². The SMILES string of the molecule is Cc1cccc(CCNC(=O)c2cccc3c2CCCN3)c1.Cl. The van der Waals surface area contributed by atoms with E-state index >= 15 is 0 Å². The van der Waals surface area contributed by atoms with Gasteiger partial charge in [-0.15, -0.1) is 12.4 Å². The van der Waals surface area contributed by atoms with Gasteiger partial charge in [-0.25, -0.2) is 0 Å². The Hall–Kier alpha value is -2.00. The standard InChI is InChI=1S/C19H22N2O.ClH/c1-14-5-2-6-15(13-14)10-12-21-19(22)17-7-3-9-18-16(17)8-4-11-20-18;/h2-3,5-7,9,13,20H,4,8,10-12H2,1H3,(H,21,22);1H. The lowest BCUT2D eigenvalue weighted by Crippen LogP contribution is -2.27. The van der Waals surface area contributed by atoms with Crippen LogP contribution in [0.25, 0.3) is 0 Å². The number of amides is 1. The molecule has 0 unspecified atom stereocenters. The summed E-state index contributed by atoms with van der Waals surface area (Å²) in [5.41, 5.74) is 5.59. The molecule has 23 heavy (non-hydrogen) atoms. The van der Waals surface area contributed by atoms with Crippen LogP contribution in [-0.4, -0.2) is 19.0 Å². The third-order valence-corrected chi connectivity index (χ3v) is 4.12. The smallest absolute Gasteiger partial charge is 0.251 e. The van der Waals surface area contributed by atoms with Gasteiger partial charge in [0.2, 0.25) is 0 Å². The van der Waals surface area contributed by atoms with Crippen molar-refractivity contribution in [2.24, 2.45) is 0 Å². The molecule has 1 aliphatic rings. The normalized spacial score (nSPS) is 12.6. The van der Waals surface area contributed by atoms with Gasteiger partial charge in [0.1, 0.15) is 0 Å². The summed E-state index contributed by atoms with van der Waals surface area (Å²) in [5, 5.41) is 6.42. The average Bonchev–Trinajstić information content (AvgIpc) is 2.54. The zero-order chi connectivity index (χ0) is 15.4. The van der Waals surface area contributed by atoms with Gasteiger partial charge < -0.3 is 10.6 Å². The summed E-state index contributed by atoms with van der Waals surface area (Å²) in [6.45, 7) is 3.75. The van der Waals surface area contributed by atoms with Crippen LogP contribution in [0.1, 0.15) is 33.5 Å². The van der Waals surface area contributed by atoms with E-state index in [0.717, 1.165) is 42.6 Å². The third kappa shape index (κ3) is 4.26. The third-order valence-electron chi connectivity index (χ3n) is 4.12. The molecular formula is C19H23ClN2O. The number of nitrogens with one attached hydrogen (secondary N) is 2. The fourth-order valence-corrected chi connectivity index (χ4v) is 3.01. The Morgan fingerprint density at radius 3 is 2.87 bits per heavy atom. The predicted molar refractivity (Wildman–Crippen MR) is 97.7 cm³/mol. The summed E-state index contributed by atoms with van der Waals surface area (Å²) in [6.07, 6.45) is 2.92. The Morgan fingerprint density at radius 2 is 2.04 bits per heavy atom. The number of hydrogen-bond donors (Lipinski definition) is 2. The highest BCUT2D eigenvalue weighted by atomic mass is 35.5.